The molecular weight excluding hydrogens is 419 g/mol. The molecule has 4 rings (SSSR count). The second-order valence-electron chi connectivity index (χ2n) is 8.19. The Morgan fingerprint density at radius 3 is 2.69 bits per heavy atom. The molecule has 0 saturated heterocycles. The highest BCUT2D eigenvalue weighted by Gasteiger charge is 2.43. The number of benzene rings is 1. The van der Waals surface area contributed by atoms with Crippen LogP contribution in [0.2, 0.25) is 0 Å². The summed E-state index contributed by atoms with van der Waals surface area (Å²) in [6.07, 6.45) is 1.71. The van der Waals surface area contributed by atoms with Gasteiger partial charge in [0.05, 0.1) is 0 Å². The van der Waals surface area contributed by atoms with Crippen molar-refractivity contribution in [2.45, 2.75) is 56.9 Å². The molecule has 3 atom stereocenters. The van der Waals surface area contributed by atoms with Crippen molar-refractivity contribution in [2.75, 3.05) is 6.54 Å². The number of para-hydroxylation sites is 1. The summed E-state index contributed by atoms with van der Waals surface area (Å²) in [7, 11) is 0. The summed E-state index contributed by atoms with van der Waals surface area (Å²) in [5, 5.41) is 3.72. The molecule has 1 aliphatic rings. The van der Waals surface area contributed by atoms with Crippen LogP contribution in [0.3, 0.4) is 0 Å². The molecule has 0 bridgehead atoms. The minimum Gasteiger partial charge on any atom is -0.351 e. The number of H-pyrrole nitrogens is 1. The summed E-state index contributed by atoms with van der Waals surface area (Å²) >= 11 is 0. The van der Waals surface area contributed by atoms with E-state index in [1.54, 1.807) is 4.90 Å². The minimum atomic E-state index is -4.47. The number of halogens is 3. The van der Waals surface area contributed by atoms with Crippen LogP contribution in [0.1, 0.15) is 54.7 Å². The van der Waals surface area contributed by atoms with Crippen LogP contribution in [0.25, 0.3) is 10.9 Å². The summed E-state index contributed by atoms with van der Waals surface area (Å²) in [4.78, 5) is 25.6. The average molecular weight is 445 g/mol. The van der Waals surface area contributed by atoms with Crippen LogP contribution in [-0.2, 0) is 0 Å². The van der Waals surface area contributed by atoms with Gasteiger partial charge in [0.25, 0.3) is 5.91 Å². The molecule has 1 amide bonds. The highest BCUT2D eigenvalue weighted by Crippen LogP contribution is 2.35. The molecule has 1 unspecified atom stereocenters. The van der Waals surface area contributed by atoms with Crippen LogP contribution < -0.4 is 5.32 Å². The lowest BCUT2D eigenvalue weighted by atomic mass is 9.88. The van der Waals surface area contributed by atoms with Crippen LogP contribution in [-0.4, -0.2) is 50.6 Å². The molecule has 2 heterocycles. The predicted octanol–water partition coefficient (Wildman–Crippen LogP) is 4.62. The van der Waals surface area contributed by atoms with Crippen LogP contribution in [0, 0.1) is 0 Å². The fraction of sp³-hybridized carbons (Fsp3) is 0.435. The maximum absolute atomic E-state index is 13.7. The van der Waals surface area contributed by atoms with Gasteiger partial charge >= 0.3 is 6.18 Å². The Morgan fingerprint density at radius 2 is 2.00 bits per heavy atom. The molecule has 170 valence electrons. The first-order valence-electron chi connectivity index (χ1n) is 10.8. The highest BCUT2D eigenvalue weighted by atomic mass is 19.4. The number of nitrogens with zero attached hydrogens (tertiary/aromatic N) is 3. The maximum Gasteiger partial charge on any atom is 0.408 e. The first-order chi connectivity index (χ1) is 15.4. The monoisotopic (exact) mass is 445 g/mol. The van der Waals surface area contributed by atoms with E-state index in [0.717, 1.165) is 23.7 Å². The Hall–Kier alpha value is -2.94. The summed E-state index contributed by atoms with van der Waals surface area (Å²) in [5.41, 5.74) is 1.37. The summed E-state index contributed by atoms with van der Waals surface area (Å²) in [6.45, 7) is 2.39. The Balaban J connectivity index is 1.49. The van der Waals surface area contributed by atoms with Gasteiger partial charge in [-0.1, -0.05) is 18.2 Å². The van der Waals surface area contributed by atoms with Gasteiger partial charge in [-0.3, -0.25) is 10.1 Å². The second kappa shape index (κ2) is 9.28. The number of alkyl halides is 3. The van der Waals surface area contributed by atoms with Crippen molar-refractivity contribution < 1.29 is 18.0 Å². The zero-order valence-electron chi connectivity index (χ0n) is 17.8. The maximum atomic E-state index is 13.7. The lowest BCUT2D eigenvalue weighted by molar-refractivity contribution is -0.160. The number of hydrogen-bond acceptors (Lipinski definition) is 4. The number of aromatic amines is 1. The largest absolute Gasteiger partial charge is 0.408 e. The molecule has 2 N–H and O–H groups in total. The van der Waals surface area contributed by atoms with Gasteiger partial charge in [0, 0.05) is 47.5 Å². The number of carbonyl (C=O) groups is 1. The van der Waals surface area contributed by atoms with E-state index in [1.165, 1.54) is 18.7 Å². The predicted molar refractivity (Wildman–Crippen MR) is 115 cm³/mol. The molecule has 32 heavy (non-hydrogen) atoms. The van der Waals surface area contributed by atoms with Gasteiger partial charge in [-0.05, 0) is 44.7 Å². The number of nitrogens with one attached hydrogen (secondary N) is 2. The fourth-order valence-electron chi connectivity index (χ4n) is 4.58. The van der Waals surface area contributed by atoms with Gasteiger partial charge in [-0.25, -0.2) is 9.97 Å². The third-order valence-corrected chi connectivity index (χ3v) is 6.09. The van der Waals surface area contributed by atoms with E-state index in [9.17, 15) is 18.0 Å². The zero-order valence-corrected chi connectivity index (χ0v) is 17.8. The van der Waals surface area contributed by atoms with E-state index in [0.29, 0.717) is 25.1 Å². The van der Waals surface area contributed by atoms with Crippen LogP contribution in [0.4, 0.5) is 13.2 Å². The lowest BCUT2D eigenvalue weighted by Gasteiger charge is -2.38. The second-order valence-corrected chi connectivity index (χ2v) is 8.19. The number of fused-ring (bicyclic) bond motifs is 1. The van der Waals surface area contributed by atoms with E-state index in [1.807, 2.05) is 37.3 Å². The van der Waals surface area contributed by atoms with Crippen molar-refractivity contribution in [2.24, 2.45) is 0 Å². The SMILES string of the molecule is CCN(C(=O)c1cc2ccccc2[nH]1)[C@H]1CCC[C@@H](NC(c2cncnc2)C(F)(F)F)C1. The highest BCUT2D eigenvalue weighted by molar-refractivity contribution is 5.98. The topological polar surface area (TPSA) is 73.9 Å². The number of aromatic nitrogens is 3. The molecule has 3 aromatic rings. The van der Waals surface area contributed by atoms with E-state index in [4.69, 9.17) is 0 Å². The van der Waals surface area contributed by atoms with Crippen LogP contribution in [0.15, 0.2) is 49.1 Å². The smallest absolute Gasteiger partial charge is 0.351 e. The van der Waals surface area contributed by atoms with Crippen molar-refractivity contribution >= 4 is 16.8 Å². The number of carbonyl (C=O) groups excluding carboxylic acids is 1. The fourth-order valence-corrected chi connectivity index (χ4v) is 4.58. The van der Waals surface area contributed by atoms with E-state index < -0.39 is 12.2 Å². The van der Waals surface area contributed by atoms with Gasteiger partial charge < -0.3 is 9.88 Å². The summed E-state index contributed by atoms with van der Waals surface area (Å²) < 4.78 is 41.2. The standard InChI is InChI=1S/C23H26F3N5O/c1-2-31(22(32)20-10-15-6-3-4-9-19(15)30-20)18-8-5-7-17(11-18)29-21(23(24,25)26)16-12-27-14-28-13-16/h3-4,6,9-10,12-14,17-18,21,29-30H,2,5,7-8,11H2,1H3/t17-,18+,21?/m1/s1. The normalized spacial score (nSPS) is 20.2. The van der Waals surface area contributed by atoms with Gasteiger partial charge in [-0.15, -0.1) is 0 Å². The van der Waals surface area contributed by atoms with E-state index in [-0.39, 0.29) is 23.6 Å². The molecule has 0 radical (unpaired) electrons. The van der Waals surface area contributed by atoms with E-state index >= 15 is 0 Å². The first kappa shape index (κ1) is 22.3. The Bertz CT molecular complexity index is 1020. The van der Waals surface area contributed by atoms with Crippen molar-refractivity contribution in [3.8, 4) is 0 Å². The molecule has 2 aromatic heterocycles. The minimum absolute atomic E-state index is 0.0105. The summed E-state index contributed by atoms with van der Waals surface area (Å²) in [6, 6.07) is 7.14. The van der Waals surface area contributed by atoms with Gasteiger partial charge in [0.2, 0.25) is 0 Å². The van der Waals surface area contributed by atoms with Crippen LogP contribution in [0.5, 0.6) is 0 Å². The molecule has 0 aliphatic heterocycles. The summed E-state index contributed by atoms with van der Waals surface area (Å²) in [5.74, 6) is -0.127. The molecule has 0 spiro atoms. The van der Waals surface area contributed by atoms with Crippen molar-refractivity contribution in [1.29, 1.82) is 0 Å². The Labute approximate surface area is 184 Å². The van der Waals surface area contributed by atoms with Crippen molar-refractivity contribution in [3.63, 3.8) is 0 Å². The van der Waals surface area contributed by atoms with Crippen molar-refractivity contribution in [1.82, 2.24) is 25.2 Å². The molecular formula is C23H26F3N5O. The Kier molecular flexibility index (Phi) is 6.45. The van der Waals surface area contributed by atoms with Gasteiger partial charge in [0.1, 0.15) is 18.1 Å². The quantitative estimate of drug-likeness (QED) is 0.581. The molecule has 9 heteroatoms. The first-order valence-corrected chi connectivity index (χ1v) is 10.8. The molecule has 1 aromatic carbocycles. The Morgan fingerprint density at radius 1 is 1.25 bits per heavy atom. The molecule has 1 fully saturated rings. The number of rotatable bonds is 6. The van der Waals surface area contributed by atoms with Gasteiger partial charge in [0.15, 0.2) is 0 Å². The number of hydrogen-bond donors (Lipinski definition) is 2. The molecule has 6 nitrogen and oxygen atoms in total. The molecule has 1 saturated carbocycles. The van der Waals surface area contributed by atoms with Gasteiger partial charge in [-0.2, -0.15) is 13.2 Å². The third kappa shape index (κ3) is 4.77. The zero-order chi connectivity index (χ0) is 22.7. The van der Waals surface area contributed by atoms with Crippen LogP contribution >= 0.6 is 0 Å². The van der Waals surface area contributed by atoms with E-state index in [2.05, 4.69) is 20.3 Å². The molecule has 1 aliphatic carbocycles. The number of amides is 1. The van der Waals surface area contributed by atoms with Crippen molar-refractivity contribution in [3.05, 3.63) is 60.3 Å². The third-order valence-electron chi connectivity index (χ3n) is 6.09. The average Bonchev–Trinajstić information content (AvgIpc) is 3.22. The lowest BCUT2D eigenvalue weighted by Crippen LogP contribution is -2.49.